The zero-order valence-electron chi connectivity index (χ0n) is 13.3. The summed E-state index contributed by atoms with van der Waals surface area (Å²) in [6.45, 7) is -0.0522. The van der Waals surface area contributed by atoms with E-state index in [1.54, 1.807) is 10.8 Å². The Morgan fingerprint density at radius 2 is 1.92 bits per heavy atom. The highest BCUT2D eigenvalue weighted by molar-refractivity contribution is 5.97. The van der Waals surface area contributed by atoms with Gasteiger partial charge in [0.15, 0.2) is 0 Å². The first-order valence-corrected chi connectivity index (χ1v) is 8.73. The van der Waals surface area contributed by atoms with Crippen molar-refractivity contribution < 1.29 is 14.7 Å². The molecule has 1 aromatic heterocycles. The number of nitrogens with zero attached hydrogens (tertiary/aromatic N) is 1. The number of aromatic nitrogens is 1. The molecule has 5 nitrogen and oxygen atoms in total. The number of fused-ring (bicyclic) bond motifs is 6. The number of hydrogen-bond donors (Lipinski definition) is 2. The molecule has 0 saturated heterocycles. The van der Waals surface area contributed by atoms with Gasteiger partial charge in [-0.15, -0.1) is 0 Å². The number of carboxylic acids is 1. The van der Waals surface area contributed by atoms with E-state index in [1.165, 1.54) is 19.3 Å². The van der Waals surface area contributed by atoms with Gasteiger partial charge >= 0.3 is 5.97 Å². The van der Waals surface area contributed by atoms with Crippen LogP contribution in [0.3, 0.4) is 0 Å². The Morgan fingerprint density at radius 3 is 2.62 bits per heavy atom. The van der Waals surface area contributed by atoms with E-state index < -0.39 is 5.97 Å². The molecule has 2 N–H and O–H groups in total. The van der Waals surface area contributed by atoms with Crippen molar-refractivity contribution in [2.75, 3.05) is 5.32 Å². The number of benzene rings is 1. The van der Waals surface area contributed by atoms with E-state index in [4.69, 9.17) is 5.11 Å². The Labute approximate surface area is 139 Å². The number of nitrogens with one attached hydrogen (secondary N) is 1. The summed E-state index contributed by atoms with van der Waals surface area (Å²) in [7, 11) is 0. The van der Waals surface area contributed by atoms with Crippen molar-refractivity contribution in [1.29, 1.82) is 0 Å². The van der Waals surface area contributed by atoms with Crippen molar-refractivity contribution in [2.24, 2.45) is 29.6 Å². The van der Waals surface area contributed by atoms with Gasteiger partial charge in [0.05, 0.1) is 0 Å². The first kappa shape index (κ1) is 14.1. The molecule has 3 saturated carbocycles. The molecule has 1 amide bonds. The third-order valence-electron chi connectivity index (χ3n) is 6.38. The molecule has 0 aliphatic heterocycles. The number of carbonyl (C=O) groups excluding carboxylic acids is 1. The molecule has 124 valence electrons. The summed E-state index contributed by atoms with van der Waals surface area (Å²) >= 11 is 0. The second-order valence-electron chi connectivity index (χ2n) is 7.61. The molecular weight excluding hydrogens is 304 g/mol. The van der Waals surface area contributed by atoms with E-state index >= 15 is 0 Å². The normalized spacial score (nSPS) is 32.8. The predicted molar refractivity (Wildman–Crippen MR) is 89.5 cm³/mol. The number of amides is 1. The maximum absolute atomic E-state index is 12.6. The summed E-state index contributed by atoms with van der Waals surface area (Å²) in [6, 6.07) is 7.56. The van der Waals surface area contributed by atoms with Gasteiger partial charge in [-0.3, -0.25) is 9.59 Å². The lowest BCUT2D eigenvalue weighted by Gasteiger charge is -2.10. The minimum atomic E-state index is -0.861. The van der Waals surface area contributed by atoms with Crippen LogP contribution in [0.1, 0.15) is 19.3 Å². The number of rotatable bonds is 4. The summed E-state index contributed by atoms with van der Waals surface area (Å²) in [4.78, 5) is 23.5. The first-order valence-electron chi connectivity index (χ1n) is 8.73. The third-order valence-corrected chi connectivity index (χ3v) is 6.38. The number of carbonyl (C=O) groups is 2. The number of carboxylic acid groups (broad SMARTS) is 1. The van der Waals surface area contributed by atoms with E-state index in [0.717, 1.165) is 28.4 Å². The SMILES string of the molecule is O=C(O)Cn1ccc2cc(NC(=O)C3C4C5CCC(C5)C34)ccc21. The van der Waals surface area contributed by atoms with Gasteiger partial charge in [-0.25, -0.2) is 0 Å². The molecule has 24 heavy (non-hydrogen) atoms. The van der Waals surface area contributed by atoms with Crippen molar-refractivity contribution in [3.63, 3.8) is 0 Å². The van der Waals surface area contributed by atoms with Gasteiger partial charge in [0.25, 0.3) is 0 Å². The van der Waals surface area contributed by atoms with Crippen LogP contribution in [0.15, 0.2) is 30.5 Å². The van der Waals surface area contributed by atoms with Crippen LogP contribution >= 0.6 is 0 Å². The maximum Gasteiger partial charge on any atom is 0.323 e. The molecule has 5 rings (SSSR count). The Bertz CT molecular complexity index is 839. The average molecular weight is 324 g/mol. The minimum absolute atomic E-state index is 0.0522. The summed E-state index contributed by atoms with van der Waals surface area (Å²) in [5, 5.41) is 13.0. The third kappa shape index (κ3) is 2.00. The number of anilines is 1. The predicted octanol–water partition coefficient (Wildman–Crippen LogP) is 2.96. The lowest BCUT2D eigenvalue weighted by molar-refractivity contribution is -0.137. The zero-order chi connectivity index (χ0) is 16.4. The second kappa shape index (κ2) is 4.85. The molecule has 4 atom stereocenters. The van der Waals surface area contributed by atoms with Gasteiger partial charge in [0.2, 0.25) is 5.91 Å². The van der Waals surface area contributed by atoms with Gasteiger partial charge in [0, 0.05) is 28.7 Å². The Kier molecular flexibility index (Phi) is 2.84. The van der Waals surface area contributed by atoms with Gasteiger partial charge in [-0.05, 0) is 67.2 Å². The summed E-state index contributed by atoms with van der Waals surface area (Å²) in [5.74, 6) is 2.41. The minimum Gasteiger partial charge on any atom is -0.480 e. The first-order chi connectivity index (χ1) is 11.6. The fourth-order valence-electron chi connectivity index (χ4n) is 5.46. The molecule has 4 unspecified atom stereocenters. The summed E-state index contributed by atoms with van der Waals surface area (Å²) < 4.78 is 1.70. The molecular formula is C19H20N2O3. The van der Waals surface area contributed by atoms with Crippen molar-refractivity contribution in [1.82, 2.24) is 4.57 Å². The van der Waals surface area contributed by atoms with Gasteiger partial charge < -0.3 is 15.0 Å². The Hall–Kier alpha value is -2.30. The van der Waals surface area contributed by atoms with Crippen LogP contribution in [0.4, 0.5) is 5.69 Å². The van der Waals surface area contributed by atoms with Gasteiger partial charge in [-0.1, -0.05) is 0 Å². The molecule has 3 fully saturated rings. The van der Waals surface area contributed by atoms with Crippen LogP contribution in [-0.4, -0.2) is 21.6 Å². The van der Waals surface area contributed by atoms with Gasteiger partial charge in [-0.2, -0.15) is 0 Å². The molecule has 0 radical (unpaired) electrons. The maximum atomic E-state index is 12.6. The van der Waals surface area contributed by atoms with Crippen LogP contribution < -0.4 is 5.32 Å². The highest BCUT2D eigenvalue weighted by Crippen LogP contribution is 2.69. The van der Waals surface area contributed by atoms with Crippen molar-refractivity contribution in [3.05, 3.63) is 30.5 Å². The highest BCUT2D eigenvalue weighted by Gasteiger charge is 2.67. The van der Waals surface area contributed by atoms with Crippen molar-refractivity contribution in [3.8, 4) is 0 Å². The van der Waals surface area contributed by atoms with E-state index in [2.05, 4.69) is 5.32 Å². The lowest BCUT2D eigenvalue weighted by Crippen LogP contribution is -2.18. The average Bonchev–Trinajstić information content (AvgIpc) is 2.83. The van der Waals surface area contributed by atoms with Crippen molar-refractivity contribution in [2.45, 2.75) is 25.8 Å². The smallest absolute Gasteiger partial charge is 0.323 e. The quantitative estimate of drug-likeness (QED) is 0.908. The summed E-state index contributed by atoms with van der Waals surface area (Å²) in [6.07, 6.45) is 5.76. The fourth-order valence-corrected chi connectivity index (χ4v) is 5.46. The topological polar surface area (TPSA) is 71.3 Å². The molecule has 2 bridgehead atoms. The van der Waals surface area contributed by atoms with Crippen LogP contribution in [-0.2, 0) is 16.1 Å². The lowest BCUT2D eigenvalue weighted by atomic mass is 10.0. The summed E-state index contributed by atoms with van der Waals surface area (Å²) in [5.41, 5.74) is 1.68. The van der Waals surface area contributed by atoms with Crippen LogP contribution in [0.5, 0.6) is 0 Å². The number of aliphatic carboxylic acids is 1. The van der Waals surface area contributed by atoms with Crippen molar-refractivity contribution >= 4 is 28.5 Å². The van der Waals surface area contributed by atoms with Gasteiger partial charge in [0.1, 0.15) is 6.54 Å². The molecule has 1 aromatic carbocycles. The molecule has 2 aromatic rings. The van der Waals surface area contributed by atoms with E-state index in [-0.39, 0.29) is 18.4 Å². The molecule has 3 aliphatic rings. The molecule has 3 aliphatic carbocycles. The molecule has 5 heteroatoms. The fraction of sp³-hybridized carbons (Fsp3) is 0.474. The standard InChI is InChI=1S/C19H20N2O3/c22-15(23)9-21-6-5-10-8-13(3-4-14(10)21)20-19(24)18-16-11-1-2-12(7-11)17(16)18/h3-6,8,11-12,16-18H,1-2,7,9H2,(H,20,24)(H,22,23). The van der Waals surface area contributed by atoms with E-state index in [1.807, 2.05) is 24.3 Å². The molecule has 0 spiro atoms. The van der Waals surface area contributed by atoms with Crippen LogP contribution in [0.25, 0.3) is 10.9 Å². The van der Waals surface area contributed by atoms with E-state index in [9.17, 15) is 9.59 Å². The second-order valence-corrected chi connectivity index (χ2v) is 7.61. The van der Waals surface area contributed by atoms with Crippen LogP contribution in [0, 0.1) is 29.6 Å². The van der Waals surface area contributed by atoms with Crippen LogP contribution in [0.2, 0.25) is 0 Å². The monoisotopic (exact) mass is 324 g/mol. The Balaban J connectivity index is 1.33. The Morgan fingerprint density at radius 1 is 1.17 bits per heavy atom. The molecule has 1 heterocycles. The number of hydrogen-bond acceptors (Lipinski definition) is 2. The van der Waals surface area contributed by atoms with E-state index in [0.29, 0.717) is 11.8 Å². The zero-order valence-corrected chi connectivity index (χ0v) is 13.3. The largest absolute Gasteiger partial charge is 0.480 e. The highest BCUT2D eigenvalue weighted by atomic mass is 16.4.